The monoisotopic (exact) mass is 204 g/mol. The molecular weight excluding hydrogens is 195 g/mol. The normalized spacial score (nSPS) is 10.4. The minimum Gasteiger partial charge on any atom is -0.134 e. The van der Waals surface area contributed by atoms with Crippen LogP contribution in [0.1, 0.15) is 0 Å². The lowest BCUT2D eigenvalue weighted by molar-refractivity contribution is 1.87. The molecule has 0 aromatic carbocycles. The van der Waals surface area contributed by atoms with Gasteiger partial charge < -0.3 is 0 Å². The van der Waals surface area contributed by atoms with Crippen molar-refractivity contribution in [2.45, 2.75) is 0 Å². The first-order chi connectivity index (χ1) is 4.96. The number of allylic oxidation sites excluding steroid dienone is 4. The number of hydrogen-bond donors (Lipinski definition) is 0. The SMILES string of the molecule is C=CC(=C)[Si](Cl)(Cl)C(=C)C=C. The molecule has 0 atom stereocenters. The molecule has 0 bridgehead atoms. The van der Waals surface area contributed by atoms with Crippen LogP contribution >= 0.6 is 22.2 Å². The van der Waals surface area contributed by atoms with Gasteiger partial charge in [-0.1, -0.05) is 38.5 Å². The molecule has 0 aromatic heterocycles. The molecule has 0 nitrogen and oxygen atoms in total. The molecule has 0 aliphatic heterocycles. The third kappa shape index (κ3) is 2.36. The van der Waals surface area contributed by atoms with E-state index >= 15 is 0 Å². The molecule has 0 fully saturated rings. The molecule has 0 saturated carbocycles. The highest BCUT2D eigenvalue weighted by atomic mass is 35.7. The van der Waals surface area contributed by atoms with Crippen molar-refractivity contribution in [1.82, 2.24) is 0 Å². The highest BCUT2D eigenvalue weighted by Gasteiger charge is 2.32. The zero-order valence-corrected chi connectivity index (χ0v) is 8.75. The van der Waals surface area contributed by atoms with E-state index in [0.717, 1.165) is 0 Å². The Labute approximate surface area is 77.9 Å². The van der Waals surface area contributed by atoms with Gasteiger partial charge in [0.2, 0.25) is 0 Å². The molecule has 11 heavy (non-hydrogen) atoms. The molecule has 0 aliphatic carbocycles. The van der Waals surface area contributed by atoms with Crippen molar-refractivity contribution < 1.29 is 0 Å². The Balaban J connectivity index is 4.70. The third-order valence-corrected chi connectivity index (χ3v) is 6.23. The summed E-state index contributed by atoms with van der Waals surface area (Å²) < 4.78 is 0. The largest absolute Gasteiger partial charge is 0.309 e. The maximum Gasteiger partial charge on any atom is 0.309 e. The van der Waals surface area contributed by atoms with Crippen molar-refractivity contribution in [1.29, 1.82) is 0 Å². The fourth-order valence-electron chi connectivity index (χ4n) is 0.463. The van der Waals surface area contributed by atoms with Crippen molar-refractivity contribution in [2.24, 2.45) is 0 Å². The van der Waals surface area contributed by atoms with E-state index in [2.05, 4.69) is 26.3 Å². The molecular formula is C8H10Cl2Si. The highest BCUT2D eigenvalue weighted by Crippen LogP contribution is 2.31. The van der Waals surface area contributed by atoms with Gasteiger partial charge in [-0.05, 0) is 10.4 Å². The maximum atomic E-state index is 6.00. The van der Waals surface area contributed by atoms with Crippen LogP contribution in [0.15, 0.2) is 48.9 Å². The Morgan fingerprint density at radius 3 is 1.45 bits per heavy atom. The van der Waals surface area contributed by atoms with Gasteiger partial charge in [-0.3, -0.25) is 0 Å². The lowest BCUT2D eigenvalue weighted by Crippen LogP contribution is -2.23. The molecule has 0 aliphatic rings. The maximum absolute atomic E-state index is 6.00. The van der Waals surface area contributed by atoms with Gasteiger partial charge in [0.1, 0.15) is 0 Å². The molecule has 0 heterocycles. The summed E-state index contributed by atoms with van der Waals surface area (Å²) in [5.74, 6) is 0. The molecule has 0 amide bonds. The molecule has 0 radical (unpaired) electrons. The first-order valence-electron chi connectivity index (χ1n) is 2.98. The quantitative estimate of drug-likeness (QED) is 0.374. The Kier molecular flexibility index (Phi) is 3.87. The zero-order chi connectivity index (χ0) is 9.07. The van der Waals surface area contributed by atoms with Crippen molar-refractivity contribution in [3.8, 4) is 0 Å². The van der Waals surface area contributed by atoms with Crippen LogP contribution in [0.25, 0.3) is 0 Å². The summed E-state index contributed by atoms with van der Waals surface area (Å²) in [6.45, 7) is 11.8. The van der Waals surface area contributed by atoms with Crippen LogP contribution in [0.4, 0.5) is 0 Å². The van der Waals surface area contributed by atoms with Crippen molar-refractivity contribution in [3.05, 3.63) is 48.9 Å². The summed E-state index contributed by atoms with van der Waals surface area (Å²) in [5.41, 5.74) is 0. The van der Waals surface area contributed by atoms with Gasteiger partial charge in [0.25, 0.3) is 0 Å². The summed E-state index contributed by atoms with van der Waals surface area (Å²) in [7, 11) is 0. The van der Waals surface area contributed by atoms with E-state index in [4.69, 9.17) is 22.2 Å². The zero-order valence-electron chi connectivity index (χ0n) is 6.24. The summed E-state index contributed by atoms with van der Waals surface area (Å²) in [4.78, 5) is 0. The van der Waals surface area contributed by atoms with Crippen LogP contribution in [0.3, 0.4) is 0 Å². The fraction of sp³-hybridized carbons (Fsp3) is 0. The second kappa shape index (κ2) is 3.95. The smallest absolute Gasteiger partial charge is 0.134 e. The average molecular weight is 205 g/mol. The molecule has 0 N–H and O–H groups in total. The Morgan fingerprint density at radius 1 is 1.00 bits per heavy atom. The van der Waals surface area contributed by atoms with E-state index in [9.17, 15) is 0 Å². The Hall–Kier alpha value is -0.243. The third-order valence-electron chi connectivity index (χ3n) is 1.30. The van der Waals surface area contributed by atoms with E-state index < -0.39 is 6.69 Å². The Morgan fingerprint density at radius 2 is 1.27 bits per heavy atom. The van der Waals surface area contributed by atoms with Gasteiger partial charge in [-0.25, -0.2) is 0 Å². The molecule has 0 rings (SSSR count). The van der Waals surface area contributed by atoms with Crippen LogP contribution < -0.4 is 0 Å². The van der Waals surface area contributed by atoms with E-state index in [1.54, 1.807) is 12.2 Å². The predicted molar refractivity (Wildman–Crippen MR) is 56.1 cm³/mol. The van der Waals surface area contributed by atoms with Gasteiger partial charge >= 0.3 is 6.69 Å². The lowest BCUT2D eigenvalue weighted by Gasteiger charge is -2.16. The van der Waals surface area contributed by atoms with E-state index in [1.807, 2.05) is 0 Å². The first kappa shape index (κ1) is 10.8. The van der Waals surface area contributed by atoms with Crippen LogP contribution in [-0.2, 0) is 0 Å². The summed E-state index contributed by atoms with van der Waals surface area (Å²) in [6, 6.07) is 0. The van der Waals surface area contributed by atoms with Gasteiger partial charge in [-0.15, -0.1) is 22.2 Å². The number of rotatable bonds is 4. The van der Waals surface area contributed by atoms with Crippen LogP contribution in [0.2, 0.25) is 0 Å². The second-order valence-electron chi connectivity index (χ2n) is 2.03. The number of hydrogen-bond acceptors (Lipinski definition) is 0. The Bertz CT molecular complexity index is 194. The summed E-state index contributed by atoms with van der Waals surface area (Å²) in [6.07, 6.45) is 3.11. The second-order valence-corrected chi connectivity index (χ2v) is 8.45. The average Bonchev–Trinajstić information content (AvgIpc) is 2.01. The number of halogens is 2. The highest BCUT2D eigenvalue weighted by molar-refractivity contribution is 7.51. The van der Waals surface area contributed by atoms with Crippen LogP contribution in [-0.4, -0.2) is 6.69 Å². The van der Waals surface area contributed by atoms with E-state index in [0.29, 0.717) is 10.4 Å². The lowest BCUT2D eigenvalue weighted by atomic mass is 10.6. The van der Waals surface area contributed by atoms with E-state index in [-0.39, 0.29) is 0 Å². The summed E-state index contributed by atoms with van der Waals surface area (Å²) >= 11 is 12.0. The van der Waals surface area contributed by atoms with Gasteiger partial charge in [-0.2, -0.15) is 0 Å². The predicted octanol–water partition coefficient (Wildman–Crippen LogP) is 3.47. The topological polar surface area (TPSA) is 0 Å². The standard InChI is InChI=1S/C8H10Cl2Si/c1-5-7(3)11(9,10)8(4)6-2/h5-6H,1-4H2. The molecule has 3 heteroatoms. The van der Waals surface area contributed by atoms with Gasteiger partial charge in [0.15, 0.2) is 0 Å². The van der Waals surface area contributed by atoms with Gasteiger partial charge in [0, 0.05) is 0 Å². The molecule has 0 saturated heterocycles. The van der Waals surface area contributed by atoms with Crippen molar-refractivity contribution in [3.63, 3.8) is 0 Å². The summed E-state index contributed by atoms with van der Waals surface area (Å²) in [5, 5.41) is 1.29. The van der Waals surface area contributed by atoms with E-state index in [1.165, 1.54) is 0 Å². The molecule has 0 aromatic rings. The molecule has 60 valence electrons. The first-order valence-corrected chi connectivity index (χ1v) is 7.00. The van der Waals surface area contributed by atoms with Crippen molar-refractivity contribution >= 4 is 28.9 Å². The van der Waals surface area contributed by atoms with Crippen molar-refractivity contribution in [2.75, 3.05) is 0 Å². The minimum atomic E-state index is -2.59. The van der Waals surface area contributed by atoms with Gasteiger partial charge in [0.05, 0.1) is 0 Å². The minimum absolute atomic E-state index is 0.644. The molecule has 0 unspecified atom stereocenters. The fourth-order valence-corrected chi connectivity index (χ4v) is 2.31. The van der Waals surface area contributed by atoms with Crippen LogP contribution in [0, 0.1) is 0 Å². The molecule has 0 spiro atoms. The van der Waals surface area contributed by atoms with Crippen LogP contribution in [0.5, 0.6) is 0 Å².